The number of rotatable bonds is 8. The minimum absolute atomic E-state index is 0.0959. The van der Waals surface area contributed by atoms with Gasteiger partial charge in [-0.05, 0) is 23.3 Å². The van der Waals surface area contributed by atoms with Gasteiger partial charge in [0, 0.05) is 31.7 Å². The van der Waals surface area contributed by atoms with Crippen LogP contribution in [-0.2, 0) is 22.6 Å². The summed E-state index contributed by atoms with van der Waals surface area (Å²) in [6.07, 6.45) is -4.45. The number of nitrogens with zero attached hydrogens (tertiary/aromatic N) is 1. The number of carbonyl (C=O) groups is 1. The van der Waals surface area contributed by atoms with E-state index in [1.54, 1.807) is 24.3 Å². The summed E-state index contributed by atoms with van der Waals surface area (Å²) in [6.45, 7) is 1.96. The number of carbonyl (C=O) groups excluding carboxylic acids is 1. The maximum absolute atomic E-state index is 12.4. The third-order valence-electron chi connectivity index (χ3n) is 4.71. The molecule has 1 unspecified atom stereocenters. The van der Waals surface area contributed by atoms with Crippen molar-refractivity contribution in [1.82, 2.24) is 10.2 Å². The molecule has 1 amide bonds. The van der Waals surface area contributed by atoms with Crippen LogP contribution in [0.4, 0.5) is 13.2 Å². The maximum Gasteiger partial charge on any atom is 0.411 e. The van der Waals surface area contributed by atoms with Crippen molar-refractivity contribution in [2.75, 3.05) is 32.8 Å². The van der Waals surface area contributed by atoms with Gasteiger partial charge in [-0.1, -0.05) is 42.5 Å². The largest absolute Gasteiger partial charge is 0.411 e. The molecule has 1 heterocycles. The van der Waals surface area contributed by atoms with E-state index >= 15 is 0 Å². The molecule has 162 valence electrons. The number of alkyl halides is 3. The summed E-state index contributed by atoms with van der Waals surface area (Å²) in [5.41, 5.74) is 2.25. The van der Waals surface area contributed by atoms with Crippen LogP contribution in [0.15, 0.2) is 54.6 Å². The quantitative estimate of drug-likeness (QED) is 0.709. The fourth-order valence-corrected chi connectivity index (χ4v) is 3.23. The summed E-state index contributed by atoms with van der Waals surface area (Å²) in [5.74, 6) is -0.249. The van der Waals surface area contributed by atoms with E-state index in [1.807, 2.05) is 18.2 Å². The average Bonchev–Trinajstić information content (AvgIpc) is 2.73. The SMILES string of the molecule is O=C(NCC1CN(Cc2ccccc2)CCO1)c1ccc(COCC(F)(F)F)cc1. The first-order valence-electron chi connectivity index (χ1n) is 9.78. The van der Waals surface area contributed by atoms with E-state index in [0.717, 1.165) is 19.6 Å². The lowest BCUT2D eigenvalue weighted by Crippen LogP contribution is -2.47. The standard InChI is InChI=1S/C22H25F3N2O3/c23-22(24,25)16-29-15-18-6-8-19(9-7-18)21(28)26-12-20-14-27(10-11-30-20)13-17-4-2-1-3-5-17/h1-9,20H,10-16H2,(H,26,28). The first kappa shape index (κ1) is 22.3. The van der Waals surface area contributed by atoms with Crippen molar-refractivity contribution in [3.63, 3.8) is 0 Å². The van der Waals surface area contributed by atoms with Gasteiger partial charge < -0.3 is 14.8 Å². The van der Waals surface area contributed by atoms with Crippen LogP contribution in [0.25, 0.3) is 0 Å². The Morgan fingerprint density at radius 2 is 1.83 bits per heavy atom. The molecule has 1 aliphatic rings. The molecule has 1 saturated heterocycles. The second-order valence-electron chi connectivity index (χ2n) is 7.23. The van der Waals surface area contributed by atoms with E-state index < -0.39 is 12.8 Å². The molecule has 1 N–H and O–H groups in total. The van der Waals surface area contributed by atoms with Crippen molar-refractivity contribution >= 4 is 5.91 Å². The Balaban J connectivity index is 1.42. The molecule has 0 bridgehead atoms. The molecular formula is C22H25F3N2O3. The van der Waals surface area contributed by atoms with Crippen molar-refractivity contribution in [3.8, 4) is 0 Å². The van der Waals surface area contributed by atoms with E-state index in [0.29, 0.717) is 24.3 Å². The zero-order valence-electron chi connectivity index (χ0n) is 16.5. The van der Waals surface area contributed by atoms with Crippen molar-refractivity contribution in [3.05, 3.63) is 71.3 Å². The molecule has 8 heteroatoms. The Labute approximate surface area is 173 Å². The molecule has 30 heavy (non-hydrogen) atoms. The highest BCUT2D eigenvalue weighted by molar-refractivity contribution is 5.94. The molecule has 2 aromatic rings. The predicted octanol–water partition coefficient (Wildman–Crippen LogP) is 3.40. The molecule has 1 fully saturated rings. The summed E-state index contributed by atoms with van der Waals surface area (Å²) in [4.78, 5) is 14.7. The molecule has 0 saturated carbocycles. The smallest absolute Gasteiger partial charge is 0.374 e. The van der Waals surface area contributed by atoms with Gasteiger partial charge in [0.15, 0.2) is 0 Å². The lowest BCUT2D eigenvalue weighted by molar-refractivity contribution is -0.176. The number of halogens is 3. The summed E-state index contributed by atoms with van der Waals surface area (Å²) >= 11 is 0. The highest BCUT2D eigenvalue weighted by Gasteiger charge is 2.27. The van der Waals surface area contributed by atoms with Gasteiger partial charge in [0.1, 0.15) is 6.61 Å². The number of amides is 1. The molecular weight excluding hydrogens is 397 g/mol. The van der Waals surface area contributed by atoms with Gasteiger partial charge in [-0.15, -0.1) is 0 Å². The van der Waals surface area contributed by atoms with Gasteiger partial charge in [0.2, 0.25) is 0 Å². The Kier molecular flexibility index (Phi) is 7.84. The zero-order chi connectivity index (χ0) is 21.4. The van der Waals surface area contributed by atoms with Gasteiger partial charge in [0.05, 0.1) is 19.3 Å². The second-order valence-corrected chi connectivity index (χ2v) is 7.23. The van der Waals surface area contributed by atoms with E-state index in [9.17, 15) is 18.0 Å². The van der Waals surface area contributed by atoms with Crippen molar-refractivity contribution in [1.29, 1.82) is 0 Å². The molecule has 2 aromatic carbocycles. The second kappa shape index (κ2) is 10.6. The molecule has 0 spiro atoms. The molecule has 3 rings (SSSR count). The van der Waals surface area contributed by atoms with Crippen molar-refractivity contribution in [2.45, 2.75) is 25.4 Å². The average molecular weight is 422 g/mol. The van der Waals surface area contributed by atoms with Gasteiger partial charge in [-0.2, -0.15) is 13.2 Å². The number of benzene rings is 2. The van der Waals surface area contributed by atoms with Crippen LogP contribution >= 0.6 is 0 Å². The van der Waals surface area contributed by atoms with Crippen molar-refractivity contribution in [2.24, 2.45) is 0 Å². The summed E-state index contributed by atoms with van der Waals surface area (Å²) in [7, 11) is 0. The fourth-order valence-electron chi connectivity index (χ4n) is 3.23. The topological polar surface area (TPSA) is 50.8 Å². The van der Waals surface area contributed by atoms with Crippen molar-refractivity contribution < 1.29 is 27.4 Å². The first-order valence-corrected chi connectivity index (χ1v) is 9.78. The summed E-state index contributed by atoms with van der Waals surface area (Å²) < 4.78 is 46.7. The molecule has 1 atom stereocenters. The summed E-state index contributed by atoms with van der Waals surface area (Å²) in [5, 5.41) is 2.87. The Bertz CT molecular complexity index is 798. The van der Waals surface area contributed by atoms with E-state index in [2.05, 4.69) is 27.1 Å². The fraction of sp³-hybridized carbons (Fsp3) is 0.409. The monoisotopic (exact) mass is 422 g/mol. The third-order valence-corrected chi connectivity index (χ3v) is 4.71. The number of ether oxygens (including phenoxy) is 2. The van der Waals surface area contributed by atoms with Crippen LogP contribution in [0.1, 0.15) is 21.5 Å². The molecule has 0 aliphatic carbocycles. The lowest BCUT2D eigenvalue weighted by atomic mass is 10.1. The van der Waals surface area contributed by atoms with Crippen LogP contribution in [0.3, 0.4) is 0 Å². The molecule has 0 aromatic heterocycles. The van der Waals surface area contributed by atoms with Crippen LogP contribution in [0.2, 0.25) is 0 Å². The van der Waals surface area contributed by atoms with E-state index in [-0.39, 0.29) is 18.6 Å². The Hall–Kier alpha value is -2.42. The Morgan fingerprint density at radius 3 is 2.53 bits per heavy atom. The van der Waals surface area contributed by atoms with Gasteiger partial charge in [-0.25, -0.2) is 0 Å². The molecule has 5 nitrogen and oxygen atoms in total. The zero-order valence-corrected chi connectivity index (χ0v) is 16.5. The van der Waals surface area contributed by atoms with Gasteiger partial charge in [0.25, 0.3) is 5.91 Å². The van der Waals surface area contributed by atoms with Crippen LogP contribution in [0.5, 0.6) is 0 Å². The van der Waals surface area contributed by atoms with E-state index in [1.165, 1.54) is 5.56 Å². The molecule has 0 radical (unpaired) electrons. The maximum atomic E-state index is 12.4. The van der Waals surface area contributed by atoms with Crippen LogP contribution in [0, 0.1) is 0 Å². The number of nitrogens with one attached hydrogen (secondary N) is 1. The van der Waals surface area contributed by atoms with E-state index in [4.69, 9.17) is 4.74 Å². The first-order chi connectivity index (χ1) is 14.4. The number of hydrogen-bond donors (Lipinski definition) is 1. The highest BCUT2D eigenvalue weighted by Crippen LogP contribution is 2.16. The third kappa shape index (κ3) is 7.44. The lowest BCUT2D eigenvalue weighted by Gasteiger charge is -2.33. The number of morpholine rings is 1. The van der Waals surface area contributed by atoms with Crippen LogP contribution in [-0.4, -0.2) is 55.9 Å². The minimum Gasteiger partial charge on any atom is -0.374 e. The predicted molar refractivity (Wildman–Crippen MR) is 106 cm³/mol. The normalized spacial score (nSPS) is 17.6. The number of hydrogen-bond acceptors (Lipinski definition) is 4. The highest BCUT2D eigenvalue weighted by atomic mass is 19.4. The molecule has 1 aliphatic heterocycles. The summed E-state index contributed by atoms with van der Waals surface area (Å²) in [6, 6.07) is 16.5. The van der Waals surface area contributed by atoms with Gasteiger partial charge in [-0.3, -0.25) is 9.69 Å². The van der Waals surface area contributed by atoms with Gasteiger partial charge >= 0.3 is 6.18 Å². The Morgan fingerprint density at radius 1 is 1.10 bits per heavy atom. The minimum atomic E-state index is -4.35. The van der Waals surface area contributed by atoms with Crippen LogP contribution < -0.4 is 5.32 Å².